The maximum Gasteiger partial charge on any atom is 0.417 e. The van der Waals surface area contributed by atoms with Gasteiger partial charge in [-0.25, -0.2) is 4.98 Å². The molecule has 1 aromatic heterocycles. The van der Waals surface area contributed by atoms with Crippen LogP contribution in [0.3, 0.4) is 0 Å². The van der Waals surface area contributed by atoms with Gasteiger partial charge in [-0.15, -0.1) is 0 Å². The zero-order chi connectivity index (χ0) is 15.9. The molecule has 3 nitrogen and oxygen atoms in total. The molecule has 112 valence electrons. The highest BCUT2D eigenvalue weighted by Gasteiger charge is 2.34. The van der Waals surface area contributed by atoms with Gasteiger partial charge in [-0.3, -0.25) is 4.79 Å². The van der Waals surface area contributed by atoms with Crippen molar-refractivity contribution in [1.82, 2.24) is 9.55 Å². The van der Waals surface area contributed by atoms with Gasteiger partial charge in [-0.2, -0.15) is 13.2 Å². The first-order chi connectivity index (χ1) is 10.4. The predicted molar refractivity (Wildman–Crippen MR) is 76.5 cm³/mol. The lowest BCUT2D eigenvalue weighted by molar-refractivity contribution is -0.137. The first-order valence-corrected chi connectivity index (χ1v) is 6.48. The molecule has 0 saturated carbocycles. The van der Waals surface area contributed by atoms with Gasteiger partial charge in [0.15, 0.2) is 0 Å². The molecule has 0 saturated heterocycles. The maximum atomic E-state index is 13.4. The molecular formula is C16H11F3N2O. The number of imidazole rings is 1. The monoisotopic (exact) mass is 304 g/mol. The third-order valence-corrected chi connectivity index (χ3v) is 3.53. The normalized spacial score (nSPS) is 11.8. The smallest absolute Gasteiger partial charge is 0.334 e. The first kappa shape index (κ1) is 14.3. The summed E-state index contributed by atoms with van der Waals surface area (Å²) in [5.41, 5.74) is 1.05. The van der Waals surface area contributed by atoms with Crippen LogP contribution in [0.4, 0.5) is 13.2 Å². The number of fused-ring (bicyclic) bond motifs is 1. The van der Waals surface area contributed by atoms with Gasteiger partial charge in [0.25, 0.3) is 0 Å². The molecule has 2 aromatic carbocycles. The number of carbonyl (C=O) groups excluding carboxylic acids is 1. The van der Waals surface area contributed by atoms with Crippen LogP contribution in [0.15, 0.2) is 42.7 Å². The summed E-state index contributed by atoms with van der Waals surface area (Å²) in [5.74, 6) is 0. The minimum Gasteiger partial charge on any atom is -0.334 e. The molecule has 0 unspecified atom stereocenters. The van der Waals surface area contributed by atoms with Crippen LogP contribution in [0.5, 0.6) is 0 Å². The van der Waals surface area contributed by atoms with Crippen molar-refractivity contribution in [3.63, 3.8) is 0 Å². The van der Waals surface area contributed by atoms with E-state index in [1.807, 2.05) is 0 Å². The summed E-state index contributed by atoms with van der Waals surface area (Å²) >= 11 is 0. The topological polar surface area (TPSA) is 34.9 Å². The van der Waals surface area contributed by atoms with Gasteiger partial charge in [0.05, 0.1) is 22.9 Å². The molecule has 0 fully saturated rings. The van der Waals surface area contributed by atoms with Crippen LogP contribution in [-0.4, -0.2) is 15.8 Å². The van der Waals surface area contributed by atoms with Crippen molar-refractivity contribution in [2.24, 2.45) is 7.05 Å². The van der Waals surface area contributed by atoms with Crippen molar-refractivity contribution in [2.45, 2.75) is 6.18 Å². The summed E-state index contributed by atoms with van der Waals surface area (Å²) in [7, 11) is 1.65. The molecule has 0 aliphatic carbocycles. The Morgan fingerprint density at radius 1 is 1.14 bits per heavy atom. The van der Waals surface area contributed by atoms with Crippen LogP contribution in [0.1, 0.15) is 15.9 Å². The van der Waals surface area contributed by atoms with Gasteiger partial charge in [0.1, 0.15) is 6.29 Å². The van der Waals surface area contributed by atoms with Crippen molar-refractivity contribution >= 4 is 17.3 Å². The van der Waals surface area contributed by atoms with Gasteiger partial charge in [0.2, 0.25) is 0 Å². The highest BCUT2D eigenvalue weighted by molar-refractivity contribution is 5.85. The Morgan fingerprint density at radius 3 is 2.41 bits per heavy atom. The Labute approximate surface area is 124 Å². The second-order valence-corrected chi connectivity index (χ2v) is 4.98. The fourth-order valence-electron chi connectivity index (χ4n) is 2.39. The van der Waals surface area contributed by atoms with E-state index in [1.165, 1.54) is 36.7 Å². The molecule has 1 heterocycles. The highest BCUT2D eigenvalue weighted by Crippen LogP contribution is 2.39. The van der Waals surface area contributed by atoms with E-state index in [0.29, 0.717) is 28.4 Å². The zero-order valence-electron chi connectivity index (χ0n) is 11.6. The van der Waals surface area contributed by atoms with Crippen molar-refractivity contribution in [1.29, 1.82) is 0 Å². The lowest BCUT2D eigenvalue weighted by atomic mass is 9.97. The highest BCUT2D eigenvalue weighted by atomic mass is 19.4. The molecule has 0 bridgehead atoms. The number of alkyl halides is 3. The SMILES string of the molecule is Cn1cnc2cc(-c3ccc(C=O)cc3)c(C(F)(F)F)cc21. The Kier molecular flexibility index (Phi) is 3.24. The maximum absolute atomic E-state index is 13.4. The molecule has 0 aliphatic heterocycles. The molecule has 0 N–H and O–H groups in total. The average molecular weight is 304 g/mol. The van der Waals surface area contributed by atoms with Crippen LogP contribution in [0.2, 0.25) is 0 Å². The fraction of sp³-hybridized carbons (Fsp3) is 0.125. The second kappa shape index (κ2) is 4.98. The van der Waals surface area contributed by atoms with Gasteiger partial charge in [0, 0.05) is 12.6 Å². The number of carbonyl (C=O) groups is 1. The second-order valence-electron chi connectivity index (χ2n) is 4.98. The minimum absolute atomic E-state index is 0.0520. The van der Waals surface area contributed by atoms with E-state index in [-0.39, 0.29) is 5.56 Å². The molecule has 0 aliphatic rings. The third kappa shape index (κ3) is 2.36. The molecule has 0 amide bonds. The molecule has 3 rings (SSSR count). The standard InChI is InChI=1S/C16H11F3N2O/c1-21-9-20-14-6-12(11-4-2-10(8-22)3-5-11)13(7-15(14)21)16(17,18)19/h2-9H,1H3. The number of aromatic nitrogens is 2. The predicted octanol–water partition coefficient (Wildman–Crippen LogP) is 4.07. The van der Waals surface area contributed by atoms with E-state index in [4.69, 9.17) is 0 Å². The number of halogens is 3. The largest absolute Gasteiger partial charge is 0.417 e. The summed E-state index contributed by atoms with van der Waals surface area (Å²) in [4.78, 5) is 14.8. The molecule has 0 spiro atoms. The van der Waals surface area contributed by atoms with E-state index >= 15 is 0 Å². The van der Waals surface area contributed by atoms with E-state index in [2.05, 4.69) is 4.98 Å². The lowest BCUT2D eigenvalue weighted by Gasteiger charge is -2.14. The van der Waals surface area contributed by atoms with Crippen LogP contribution in [-0.2, 0) is 13.2 Å². The molecule has 22 heavy (non-hydrogen) atoms. The summed E-state index contributed by atoms with van der Waals surface area (Å²) < 4.78 is 41.6. The van der Waals surface area contributed by atoms with Gasteiger partial charge >= 0.3 is 6.18 Å². The number of aryl methyl sites for hydroxylation is 1. The molecule has 0 radical (unpaired) electrons. The van der Waals surface area contributed by atoms with Crippen LogP contribution < -0.4 is 0 Å². The Morgan fingerprint density at radius 2 is 1.82 bits per heavy atom. The van der Waals surface area contributed by atoms with Crippen LogP contribution in [0.25, 0.3) is 22.2 Å². The number of rotatable bonds is 2. The Balaban J connectivity index is 2.27. The molecule has 0 atom stereocenters. The quantitative estimate of drug-likeness (QED) is 0.669. The number of nitrogens with zero attached hydrogens (tertiary/aromatic N) is 2. The number of benzene rings is 2. The molecule has 3 aromatic rings. The Bertz CT molecular complexity index is 848. The Hall–Kier alpha value is -2.63. The molecular weight excluding hydrogens is 293 g/mol. The van der Waals surface area contributed by atoms with Crippen molar-refractivity contribution < 1.29 is 18.0 Å². The summed E-state index contributed by atoms with van der Waals surface area (Å²) in [6, 6.07) is 8.52. The van der Waals surface area contributed by atoms with E-state index < -0.39 is 11.7 Å². The van der Waals surface area contributed by atoms with E-state index in [0.717, 1.165) is 6.07 Å². The zero-order valence-corrected chi connectivity index (χ0v) is 11.6. The third-order valence-electron chi connectivity index (χ3n) is 3.53. The van der Waals surface area contributed by atoms with E-state index in [1.54, 1.807) is 11.6 Å². The lowest BCUT2D eigenvalue weighted by Crippen LogP contribution is -2.07. The fourth-order valence-corrected chi connectivity index (χ4v) is 2.39. The summed E-state index contributed by atoms with van der Waals surface area (Å²) in [5, 5.41) is 0. The van der Waals surface area contributed by atoms with Crippen LogP contribution in [0, 0.1) is 0 Å². The van der Waals surface area contributed by atoms with Crippen molar-refractivity contribution in [3.05, 3.63) is 53.9 Å². The first-order valence-electron chi connectivity index (χ1n) is 6.48. The molecule has 6 heteroatoms. The van der Waals surface area contributed by atoms with Crippen molar-refractivity contribution in [2.75, 3.05) is 0 Å². The number of aldehydes is 1. The van der Waals surface area contributed by atoms with Gasteiger partial charge in [-0.05, 0) is 23.3 Å². The minimum atomic E-state index is -4.48. The van der Waals surface area contributed by atoms with E-state index in [9.17, 15) is 18.0 Å². The van der Waals surface area contributed by atoms with Crippen LogP contribution >= 0.6 is 0 Å². The van der Waals surface area contributed by atoms with Crippen molar-refractivity contribution in [3.8, 4) is 11.1 Å². The summed E-state index contributed by atoms with van der Waals surface area (Å²) in [6.45, 7) is 0. The van der Waals surface area contributed by atoms with Gasteiger partial charge in [-0.1, -0.05) is 24.3 Å². The van der Waals surface area contributed by atoms with Gasteiger partial charge < -0.3 is 4.57 Å². The summed E-state index contributed by atoms with van der Waals surface area (Å²) in [6.07, 6.45) is -2.35. The average Bonchev–Trinajstić information content (AvgIpc) is 2.86. The number of hydrogen-bond acceptors (Lipinski definition) is 2. The number of hydrogen-bond donors (Lipinski definition) is 0.